The number of unbranched alkanes of at least 4 members (excludes halogenated alkanes) is 40. The van der Waals surface area contributed by atoms with Gasteiger partial charge >= 0.3 is 5.97 Å². The number of ether oxygens (including phenoxy) is 1. The molecule has 0 fully saturated rings. The van der Waals surface area contributed by atoms with Crippen LogP contribution in [0.4, 0.5) is 0 Å². The van der Waals surface area contributed by atoms with Crippen LogP contribution in [0.15, 0.2) is 24.3 Å². The molecule has 0 spiro atoms. The Morgan fingerprint density at radius 2 is 0.734 bits per heavy atom. The predicted molar refractivity (Wildman–Crippen MR) is 278 cm³/mol. The monoisotopic (exact) mass is 902 g/mol. The zero-order chi connectivity index (χ0) is 46.5. The highest BCUT2D eigenvalue weighted by molar-refractivity contribution is 5.76. The van der Waals surface area contributed by atoms with Crippen molar-refractivity contribution in [3.8, 4) is 0 Å². The summed E-state index contributed by atoms with van der Waals surface area (Å²) in [5.74, 6) is -0.0591. The Bertz CT molecular complexity index is 997. The van der Waals surface area contributed by atoms with Crippen LogP contribution in [0.25, 0.3) is 0 Å². The van der Waals surface area contributed by atoms with Crippen molar-refractivity contribution in [3.63, 3.8) is 0 Å². The summed E-state index contributed by atoms with van der Waals surface area (Å²) in [5.41, 5.74) is 0. The summed E-state index contributed by atoms with van der Waals surface area (Å²) >= 11 is 0. The zero-order valence-corrected chi connectivity index (χ0v) is 43.0. The standard InChI is InChI=1S/C58H111NO5/c1-3-5-7-9-11-13-15-32-36-40-44-48-52-58(63)64-53-49-45-41-37-33-30-28-26-24-22-20-18-16-17-19-21-23-25-27-29-31-35-39-43-47-51-57(62)59-55(54-60)56(61)50-46-42-38-34-14-12-10-8-6-4-2/h17,19,46,50,55-56,60-61H,3-16,18,20-45,47-49,51-54H2,1-2H3,(H,59,62)/b19-17-,50-46+. The second-order valence-corrected chi connectivity index (χ2v) is 19.6. The summed E-state index contributed by atoms with van der Waals surface area (Å²) in [6.07, 6.45) is 65.0. The lowest BCUT2D eigenvalue weighted by Gasteiger charge is -2.20. The molecular formula is C58H111NO5. The highest BCUT2D eigenvalue weighted by Gasteiger charge is 2.18. The first-order chi connectivity index (χ1) is 31.5. The lowest BCUT2D eigenvalue weighted by molar-refractivity contribution is -0.143. The molecule has 0 aromatic rings. The van der Waals surface area contributed by atoms with E-state index in [4.69, 9.17) is 4.74 Å². The summed E-state index contributed by atoms with van der Waals surface area (Å²) < 4.78 is 5.47. The van der Waals surface area contributed by atoms with E-state index in [1.165, 1.54) is 244 Å². The van der Waals surface area contributed by atoms with Crippen molar-refractivity contribution in [2.75, 3.05) is 13.2 Å². The highest BCUT2D eigenvalue weighted by Crippen LogP contribution is 2.16. The van der Waals surface area contributed by atoms with Crippen molar-refractivity contribution < 1.29 is 24.5 Å². The molecule has 3 N–H and O–H groups in total. The first kappa shape index (κ1) is 62.3. The van der Waals surface area contributed by atoms with E-state index in [0.29, 0.717) is 19.4 Å². The number of carbonyl (C=O) groups is 2. The molecule has 6 nitrogen and oxygen atoms in total. The molecule has 378 valence electrons. The van der Waals surface area contributed by atoms with E-state index in [9.17, 15) is 19.8 Å². The molecule has 2 atom stereocenters. The van der Waals surface area contributed by atoms with Crippen LogP contribution in [0, 0.1) is 0 Å². The van der Waals surface area contributed by atoms with Crippen molar-refractivity contribution in [2.45, 2.75) is 321 Å². The summed E-state index contributed by atoms with van der Waals surface area (Å²) in [5, 5.41) is 23.0. The maximum absolute atomic E-state index is 12.4. The molecule has 6 heteroatoms. The van der Waals surface area contributed by atoms with Crippen LogP contribution in [0.2, 0.25) is 0 Å². The van der Waals surface area contributed by atoms with Crippen LogP contribution < -0.4 is 5.32 Å². The summed E-state index contributed by atoms with van der Waals surface area (Å²) in [7, 11) is 0. The molecular weight excluding hydrogens is 791 g/mol. The van der Waals surface area contributed by atoms with E-state index in [1.54, 1.807) is 6.08 Å². The van der Waals surface area contributed by atoms with Gasteiger partial charge in [0.25, 0.3) is 0 Å². The fourth-order valence-electron chi connectivity index (χ4n) is 8.81. The SMILES string of the molecule is CCCCCCCCCC/C=C/C(O)C(CO)NC(=O)CCCCCCCCCCC/C=C\CCCCCCCCCCCCCCOC(=O)CCCCCCCCCCCCCC. The van der Waals surface area contributed by atoms with Gasteiger partial charge in [-0.2, -0.15) is 0 Å². The largest absolute Gasteiger partial charge is 0.466 e. The minimum atomic E-state index is -0.844. The first-order valence-corrected chi connectivity index (χ1v) is 28.6. The minimum Gasteiger partial charge on any atom is -0.466 e. The maximum Gasteiger partial charge on any atom is 0.305 e. The number of amides is 1. The van der Waals surface area contributed by atoms with Crippen molar-refractivity contribution in [3.05, 3.63) is 24.3 Å². The van der Waals surface area contributed by atoms with Crippen LogP contribution in [-0.4, -0.2) is 47.4 Å². The molecule has 0 aliphatic heterocycles. The Morgan fingerprint density at radius 3 is 1.11 bits per heavy atom. The molecule has 0 rings (SSSR count). The van der Waals surface area contributed by atoms with Gasteiger partial charge in [-0.1, -0.05) is 263 Å². The number of nitrogens with one attached hydrogen (secondary N) is 1. The van der Waals surface area contributed by atoms with Crippen LogP contribution >= 0.6 is 0 Å². The molecule has 0 heterocycles. The van der Waals surface area contributed by atoms with Crippen LogP contribution in [0.3, 0.4) is 0 Å². The number of aliphatic hydroxyl groups excluding tert-OH is 2. The summed E-state index contributed by atoms with van der Waals surface area (Å²) in [4.78, 5) is 24.4. The average Bonchev–Trinajstić information content (AvgIpc) is 3.29. The van der Waals surface area contributed by atoms with Crippen LogP contribution in [-0.2, 0) is 14.3 Å². The Labute approximate surface area is 399 Å². The van der Waals surface area contributed by atoms with Gasteiger partial charge in [-0.25, -0.2) is 0 Å². The number of allylic oxidation sites excluding steroid dienone is 3. The third kappa shape index (κ3) is 49.8. The van der Waals surface area contributed by atoms with E-state index < -0.39 is 12.1 Å². The third-order valence-corrected chi connectivity index (χ3v) is 13.2. The number of carbonyl (C=O) groups excluding carboxylic acids is 2. The van der Waals surface area contributed by atoms with Gasteiger partial charge in [-0.05, 0) is 57.8 Å². The quantitative estimate of drug-likeness (QED) is 0.0321. The summed E-state index contributed by atoms with van der Waals surface area (Å²) in [6, 6.07) is -0.628. The predicted octanol–water partition coefficient (Wildman–Crippen LogP) is 17.5. The molecule has 0 saturated carbocycles. The topological polar surface area (TPSA) is 95.9 Å². The van der Waals surface area contributed by atoms with Gasteiger partial charge in [0.15, 0.2) is 0 Å². The van der Waals surface area contributed by atoms with Gasteiger partial charge in [-0.3, -0.25) is 9.59 Å². The normalized spacial score (nSPS) is 12.8. The number of aliphatic hydroxyl groups is 2. The molecule has 0 bridgehead atoms. The van der Waals surface area contributed by atoms with Crippen molar-refractivity contribution in [1.29, 1.82) is 0 Å². The summed E-state index contributed by atoms with van der Waals surface area (Å²) in [6.45, 7) is 4.89. The lowest BCUT2D eigenvalue weighted by atomic mass is 10.0. The van der Waals surface area contributed by atoms with E-state index in [-0.39, 0.29) is 18.5 Å². The third-order valence-electron chi connectivity index (χ3n) is 13.2. The van der Waals surface area contributed by atoms with Gasteiger partial charge < -0.3 is 20.3 Å². The average molecular weight is 903 g/mol. The fraction of sp³-hybridized carbons (Fsp3) is 0.897. The van der Waals surface area contributed by atoms with Crippen molar-refractivity contribution >= 4 is 11.9 Å². The van der Waals surface area contributed by atoms with Gasteiger partial charge in [0.05, 0.1) is 25.4 Å². The van der Waals surface area contributed by atoms with Gasteiger partial charge in [0.1, 0.15) is 0 Å². The smallest absolute Gasteiger partial charge is 0.305 e. The first-order valence-electron chi connectivity index (χ1n) is 28.6. The van der Waals surface area contributed by atoms with E-state index in [2.05, 4.69) is 31.3 Å². The molecule has 0 saturated heterocycles. The van der Waals surface area contributed by atoms with E-state index >= 15 is 0 Å². The Morgan fingerprint density at radius 1 is 0.422 bits per heavy atom. The lowest BCUT2D eigenvalue weighted by Crippen LogP contribution is -2.45. The number of hydrogen-bond donors (Lipinski definition) is 3. The van der Waals surface area contributed by atoms with Gasteiger partial charge in [0, 0.05) is 12.8 Å². The number of esters is 1. The van der Waals surface area contributed by atoms with E-state index in [1.807, 2.05) is 6.08 Å². The van der Waals surface area contributed by atoms with Gasteiger partial charge in [0.2, 0.25) is 5.91 Å². The van der Waals surface area contributed by atoms with Gasteiger partial charge in [-0.15, -0.1) is 0 Å². The van der Waals surface area contributed by atoms with Crippen LogP contribution in [0.5, 0.6) is 0 Å². The van der Waals surface area contributed by atoms with E-state index in [0.717, 1.165) is 38.5 Å². The number of hydrogen-bond acceptors (Lipinski definition) is 5. The molecule has 1 amide bonds. The minimum absolute atomic E-state index is 0.0135. The maximum atomic E-state index is 12.4. The Kier molecular flexibility index (Phi) is 52.6. The highest BCUT2D eigenvalue weighted by atomic mass is 16.5. The molecule has 2 unspecified atom stereocenters. The molecule has 0 aliphatic carbocycles. The van der Waals surface area contributed by atoms with Crippen LogP contribution in [0.1, 0.15) is 309 Å². The molecule has 0 aromatic heterocycles. The fourth-order valence-corrected chi connectivity index (χ4v) is 8.81. The number of rotatable bonds is 53. The molecule has 0 aliphatic rings. The second-order valence-electron chi connectivity index (χ2n) is 19.6. The molecule has 0 radical (unpaired) electrons. The Balaban J connectivity index is 3.39. The second kappa shape index (κ2) is 54.0. The molecule has 0 aromatic carbocycles. The van der Waals surface area contributed by atoms with Crippen molar-refractivity contribution in [1.82, 2.24) is 5.32 Å². The zero-order valence-electron chi connectivity index (χ0n) is 43.0. The molecule has 64 heavy (non-hydrogen) atoms. The Hall–Kier alpha value is -1.66. The van der Waals surface area contributed by atoms with Crippen molar-refractivity contribution in [2.24, 2.45) is 0 Å².